The van der Waals surface area contributed by atoms with Crippen molar-refractivity contribution in [1.29, 1.82) is 0 Å². The fraction of sp³-hybridized carbons (Fsp3) is 0.368. The number of nitrogens with zero attached hydrogens (tertiary/aromatic N) is 5. The van der Waals surface area contributed by atoms with Crippen molar-refractivity contribution >= 4 is 17.2 Å². The number of carbonyl (C=O) groups excluding carboxylic acids is 1. The van der Waals surface area contributed by atoms with Gasteiger partial charge in [0.1, 0.15) is 12.2 Å². The molecule has 0 aliphatic carbocycles. The van der Waals surface area contributed by atoms with Crippen LogP contribution >= 0.6 is 0 Å². The van der Waals surface area contributed by atoms with Gasteiger partial charge in [0.05, 0.1) is 17.3 Å². The van der Waals surface area contributed by atoms with E-state index < -0.39 is 18.5 Å². The summed E-state index contributed by atoms with van der Waals surface area (Å²) >= 11 is 0. The van der Waals surface area contributed by atoms with Gasteiger partial charge in [-0.3, -0.25) is 4.79 Å². The quantitative estimate of drug-likeness (QED) is 0.723. The number of halogens is 3. The second-order valence-electron chi connectivity index (χ2n) is 6.97. The van der Waals surface area contributed by atoms with Gasteiger partial charge in [0.25, 0.3) is 0 Å². The molecule has 152 valence electrons. The Labute approximate surface area is 164 Å². The van der Waals surface area contributed by atoms with E-state index in [0.29, 0.717) is 24.6 Å². The van der Waals surface area contributed by atoms with E-state index in [-0.39, 0.29) is 12.6 Å². The summed E-state index contributed by atoms with van der Waals surface area (Å²) in [5, 5.41) is 7.50. The minimum atomic E-state index is -4.49. The number of amides is 1. The first-order valence-corrected chi connectivity index (χ1v) is 9.26. The lowest BCUT2D eigenvalue weighted by molar-refractivity contribution is -0.162. The van der Waals surface area contributed by atoms with Gasteiger partial charge < -0.3 is 10.2 Å². The summed E-state index contributed by atoms with van der Waals surface area (Å²) in [6.07, 6.45) is 0.590. The number of rotatable bonds is 4. The van der Waals surface area contributed by atoms with E-state index in [1.807, 2.05) is 24.4 Å². The van der Waals surface area contributed by atoms with Crippen LogP contribution in [0.2, 0.25) is 0 Å². The van der Waals surface area contributed by atoms with Crippen molar-refractivity contribution in [3.63, 3.8) is 0 Å². The summed E-state index contributed by atoms with van der Waals surface area (Å²) < 4.78 is 39.3. The Balaban J connectivity index is 1.47. The average Bonchev–Trinajstić information content (AvgIpc) is 3.11. The Morgan fingerprint density at radius 1 is 1.28 bits per heavy atom. The fourth-order valence-corrected chi connectivity index (χ4v) is 3.49. The highest BCUT2D eigenvalue weighted by molar-refractivity contribution is 5.77. The first-order valence-electron chi connectivity index (χ1n) is 9.26. The molecule has 7 nitrogen and oxygen atoms in total. The van der Waals surface area contributed by atoms with Crippen molar-refractivity contribution in [1.82, 2.24) is 24.5 Å². The number of hydrogen-bond donors (Lipinski definition) is 1. The predicted molar refractivity (Wildman–Crippen MR) is 100 cm³/mol. The molecule has 0 spiro atoms. The van der Waals surface area contributed by atoms with Gasteiger partial charge in [-0.05, 0) is 31.0 Å². The van der Waals surface area contributed by atoms with Gasteiger partial charge in [0, 0.05) is 31.5 Å². The Morgan fingerprint density at radius 3 is 2.97 bits per heavy atom. The third-order valence-corrected chi connectivity index (χ3v) is 4.80. The molecule has 10 heteroatoms. The van der Waals surface area contributed by atoms with Crippen LogP contribution in [0.25, 0.3) is 16.9 Å². The zero-order chi connectivity index (χ0) is 20.4. The van der Waals surface area contributed by atoms with Crippen molar-refractivity contribution in [2.24, 2.45) is 0 Å². The maximum atomic E-state index is 12.5. The van der Waals surface area contributed by atoms with Crippen molar-refractivity contribution < 1.29 is 18.0 Å². The molecule has 3 aromatic rings. The van der Waals surface area contributed by atoms with Crippen LogP contribution in [-0.2, 0) is 4.79 Å². The number of anilines is 1. The van der Waals surface area contributed by atoms with Crippen molar-refractivity contribution in [2.45, 2.75) is 31.5 Å². The van der Waals surface area contributed by atoms with Gasteiger partial charge in [0.15, 0.2) is 5.82 Å². The number of alkyl halides is 3. The van der Waals surface area contributed by atoms with Crippen LogP contribution in [0.4, 0.5) is 19.0 Å². The number of carbonyl (C=O) groups is 1. The highest BCUT2D eigenvalue weighted by atomic mass is 19.4. The van der Waals surface area contributed by atoms with Crippen LogP contribution in [0.15, 0.2) is 42.9 Å². The van der Waals surface area contributed by atoms with E-state index in [0.717, 1.165) is 17.5 Å². The van der Waals surface area contributed by atoms with Gasteiger partial charge in [-0.2, -0.15) is 18.3 Å². The van der Waals surface area contributed by atoms with E-state index in [9.17, 15) is 18.0 Å². The summed E-state index contributed by atoms with van der Waals surface area (Å²) in [7, 11) is 0. The number of piperidine rings is 1. The molecule has 0 aromatic carbocycles. The number of likely N-dealkylation sites (tertiary alicyclic amines) is 1. The van der Waals surface area contributed by atoms with Crippen LogP contribution in [0.5, 0.6) is 0 Å². The van der Waals surface area contributed by atoms with Crippen molar-refractivity contribution in [3.05, 3.63) is 42.9 Å². The van der Waals surface area contributed by atoms with E-state index >= 15 is 0 Å². The minimum absolute atomic E-state index is 0.174. The lowest BCUT2D eigenvalue weighted by Gasteiger charge is -2.33. The summed E-state index contributed by atoms with van der Waals surface area (Å²) in [5.74, 6) is 0.163. The fourth-order valence-electron chi connectivity index (χ4n) is 3.49. The summed E-state index contributed by atoms with van der Waals surface area (Å²) in [6, 6.07) is 7.21. The summed E-state index contributed by atoms with van der Waals surface area (Å²) in [4.78, 5) is 22.0. The summed E-state index contributed by atoms with van der Waals surface area (Å²) in [5.41, 5.74) is 1.64. The van der Waals surface area contributed by atoms with Gasteiger partial charge in [-0.1, -0.05) is 6.07 Å². The maximum Gasteiger partial charge on any atom is 0.397 e. The highest BCUT2D eigenvalue weighted by Gasteiger charge is 2.35. The molecule has 0 bridgehead atoms. The van der Waals surface area contributed by atoms with Gasteiger partial charge in [-0.15, -0.1) is 0 Å². The van der Waals surface area contributed by atoms with E-state index in [1.165, 1.54) is 4.90 Å². The zero-order valence-electron chi connectivity index (χ0n) is 15.4. The van der Waals surface area contributed by atoms with E-state index in [1.54, 1.807) is 23.0 Å². The Morgan fingerprint density at radius 2 is 2.14 bits per heavy atom. The largest absolute Gasteiger partial charge is 0.397 e. The Hall–Kier alpha value is -3.17. The molecule has 4 heterocycles. The lowest BCUT2D eigenvalue weighted by Crippen LogP contribution is -2.46. The topological polar surface area (TPSA) is 75.4 Å². The highest BCUT2D eigenvalue weighted by Crippen LogP contribution is 2.24. The van der Waals surface area contributed by atoms with E-state index in [2.05, 4.69) is 20.4 Å². The van der Waals surface area contributed by atoms with Gasteiger partial charge in [-0.25, -0.2) is 14.5 Å². The first kappa shape index (κ1) is 19.2. The van der Waals surface area contributed by atoms with Crippen LogP contribution < -0.4 is 5.32 Å². The molecule has 1 aliphatic rings. The maximum absolute atomic E-state index is 12.5. The monoisotopic (exact) mass is 404 g/mol. The molecular formula is C19H19F3N6O. The molecule has 29 heavy (non-hydrogen) atoms. The molecule has 1 amide bonds. The molecule has 4 rings (SSSR count). The molecule has 0 radical (unpaired) electrons. The molecule has 1 saturated heterocycles. The van der Waals surface area contributed by atoms with Gasteiger partial charge in [0.2, 0.25) is 5.91 Å². The molecule has 0 unspecified atom stereocenters. The molecule has 3 aromatic heterocycles. The standard InChI is InChI=1S/C19H19F3N6O/c20-19(21,22)10-17(29)27-8-3-4-13(12-27)25-16-6-7-23-18(26-16)14-11-24-28-9-2-1-5-15(14)28/h1-2,5-7,9,11,13H,3-4,8,10,12H2,(H,23,25,26)/t13-/m1/s1. The summed E-state index contributed by atoms with van der Waals surface area (Å²) in [6.45, 7) is 0.551. The lowest BCUT2D eigenvalue weighted by atomic mass is 10.1. The van der Waals surface area contributed by atoms with E-state index in [4.69, 9.17) is 0 Å². The predicted octanol–water partition coefficient (Wildman–Crippen LogP) is 3.15. The van der Waals surface area contributed by atoms with Crippen molar-refractivity contribution in [3.8, 4) is 11.4 Å². The van der Waals surface area contributed by atoms with Gasteiger partial charge >= 0.3 is 6.18 Å². The number of aromatic nitrogens is 4. The number of fused-ring (bicyclic) bond motifs is 1. The average molecular weight is 404 g/mol. The Kier molecular flexibility index (Phi) is 5.08. The Bertz CT molecular complexity index is 1020. The second-order valence-corrected chi connectivity index (χ2v) is 6.97. The SMILES string of the molecule is O=C(CC(F)(F)F)N1CCC[C@@H](Nc2ccnc(-c3cnn4ccccc34)n2)C1. The first-order chi connectivity index (χ1) is 13.9. The molecular weight excluding hydrogens is 385 g/mol. The second kappa shape index (κ2) is 7.69. The van der Waals surface area contributed by atoms with Crippen molar-refractivity contribution in [2.75, 3.05) is 18.4 Å². The molecule has 1 fully saturated rings. The van der Waals surface area contributed by atoms with Crippen LogP contribution in [0.3, 0.4) is 0 Å². The van der Waals surface area contributed by atoms with Crippen LogP contribution in [-0.4, -0.2) is 55.7 Å². The number of nitrogens with one attached hydrogen (secondary N) is 1. The third kappa shape index (κ3) is 4.47. The number of pyridine rings is 1. The zero-order valence-corrected chi connectivity index (χ0v) is 15.4. The molecule has 1 N–H and O–H groups in total. The van der Waals surface area contributed by atoms with Crippen LogP contribution in [0, 0.1) is 0 Å². The molecule has 0 saturated carbocycles. The smallest absolute Gasteiger partial charge is 0.365 e. The third-order valence-electron chi connectivity index (χ3n) is 4.80. The molecule has 1 atom stereocenters. The number of hydrogen-bond acceptors (Lipinski definition) is 5. The normalized spacial score (nSPS) is 17.5. The minimum Gasteiger partial charge on any atom is -0.365 e. The molecule has 1 aliphatic heterocycles. The van der Waals surface area contributed by atoms with Crippen LogP contribution in [0.1, 0.15) is 19.3 Å².